The highest BCUT2D eigenvalue weighted by molar-refractivity contribution is 5.77. The maximum absolute atomic E-state index is 10.5. The molecule has 1 rings (SSSR count). The topological polar surface area (TPSA) is 88.5 Å². The van der Waals surface area contributed by atoms with Crippen LogP contribution in [0.4, 0.5) is 0 Å². The third kappa shape index (κ3) is 31.1. The van der Waals surface area contributed by atoms with Gasteiger partial charge in [-0.3, -0.25) is 4.79 Å². The van der Waals surface area contributed by atoms with Crippen LogP contribution in [0.3, 0.4) is 0 Å². The number of carbonyl (C=O) groups is 1. The van der Waals surface area contributed by atoms with Gasteiger partial charge in [-0.2, -0.15) is 0 Å². The fourth-order valence-electron chi connectivity index (χ4n) is 1.61. The fraction of sp³-hybridized carbons (Fsp3) is 0.947. The van der Waals surface area contributed by atoms with Gasteiger partial charge in [-0.15, -0.1) is 0 Å². The number of aliphatic hydroxyl groups is 2. The lowest BCUT2D eigenvalue weighted by Gasteiger charge is -2.03. The summed E-state index contributed by atoms with van der Waals surface area (Å²) in [6.45, 7) is 7.93. The minimum absolute atomic E-state index is 0.0278. The number of ether oxygens (including phenoxy) is 3. The van der Waals surface area contributed by atoms with Gasteiger partial charge in [0.15, 0.2) is 0 Å². The maximum atomic E-state index is 10.5. The van der Waals surface area contributed by atoms with Crippen molar-refractivity contribution in [2.24, 2.45) is 0 Å². The molecule has 1 fully saturated rings. The standard InChI is InChI=1S/C8H18O.C5H9NO.C4H10O3.C2H6O/c1-3-5-7-9-8-6-4-2;1-6-4-2-3-5(6)7;5-1-3-7-4-2-6;1-3-2/h3-8H2,1-2H3;2-4H2,1H3;5-6H,1-4H2;1-2H3. The molecule has 0 bridgehead atoms. The van der Waals surface area contributed by atoms with E-state index in [9.17, 15) is 4.79 Å². The Hall–Kier alpha value is -0.730. The van der Waals surface area contributed by atoms with Crippen LogP contribution in [0.2, 0.25) is 0 Å². The maximum Gasteiger partial charge on any atom is 0.222 e. The van der Waals surface area contributed by atoms with Crippen molar-refractivity contribution >= 4 is 5.91 Å². The molecule has 0 aliphatic carbocycles. The Morgan fingerprint density at radius 3 is 1.58 bits per heavy atom. The van der Waals surface area contributed by atoms with E-state index < -0.39 is 0 Å². The van der Waals surface area contributed by atoms with Gasteiger partial charge in [-0.25, -0.2) is 0 Å². The molecule has 26 heavy (non-hydrogen) atoms. The van der Waals surface area contributed by atoms with Gasteiger partial charge in [0.25, 0.3) is 0 Å². The number of rotatable bonds is 10. The summed E-state index contributed by atoms with van der Waals surface area (Å²) in [5, 5.41) is 16.2. The zero-order chi connectivity index (χ0) is 20.5. The van der Waals surface area contributed by atoms with Crippen LogP contribution in [-0.4, -0.2) is 88.5 Å². The van der Waals surface area contributed by atoms with E-state index in [0.717, 1.165) is 32.6 Å². The van der Waals surface area contributed by atoms with Crippen LogP contribution in [0, 0.1) is 0 Å². The Morgan fingerprint density at radius 2 is 1.35 bits per heavy atom. The van der Waals surface area contributed by atoms with Crippen LogP contribution in [0.5, 0.6) is 0 Å². The average molecular weight is 382 g/mol. The smallest absolute Gasteiger partial charge is 0.222 e. The van der Waals surface area contributed by atoms with Gasteiger partial charge >= 0.3 is 0 Å². The molecule has 0 aromatic carbocycles. The molecule has 1 saturated heterocycles. The quantitative estimate of drug-likeness (QED) is 0.563. The van der Waals surface area contributed by atoms with Gasteiger partial charge in [-0.05, 0) is 19.3 Å². The van der Waals surface area contributed by atoms with Crippen molar-refractivity contribution in [2.45, 2.75) is 52.4 Å². The Kier molecular flexibility index (Phi) is 33.5. The predicted octanol–water partition coefficient (Wildman–Crippen LogP) is 2.09. The van der Waals surface area contributed by atoms with Crippen molar-refractivity contribution in [2.75, 3.05) is 67.5 Å². The van der Waals surface area contributed by atoms with Gasteiger partial charge < -0.3 is 29.3 Å². The molecule has 0 unspecified atom stereocenters. The first-order chi connectivity index (χ1) is 12.5. The van der Waals surface area contributed by atoms with Crippen LogP contribution in [0.1, 0.15) is 52.4 Å². The molecule has 0 radical (unpaired) electrons. The molecule has 0 aromatic heterocycles. The molecule has 1 heterocycles. The second kappa shape index (κ2) is 29.0. The zero-order valence-corrected chi connectivity index (χ0v) is 17.7. The fourth-order valence-corrected chi connectivity index (χ4v) is 1.61. The van der Waals surface area contributed by atoms with Crippen LogP contribution < -0.4 is 0 Å². The van der Waals surface area contributed by atoms with Gasteiger partial charge in [0.2, 0.25) is 5.91 Å². The van der Waals surface area contributed by atoms with E-state index in [4.69, 9.17) is 14.9 Å². The van der Waals surface area contributed by atoms with Crippen molar-refractivity contribution in [3.63, 3.8) is 0 Å². The van der Waals surface area contributed by atoms with E-state index in [1.54, 1.807) is 19.1 Å². The van der Waals surface area contributed by atoms with Crippen molar-refractivity contribution in [1.29, 1.82) is 0 Å². The summed E-state index contributed by atoms with van der Waals surface area (Å²) >= 11 is 0. The Bertz CT molecular complexity index is 244. The molecule has 0 atom stereocenters. The number of unbranched alkanes of at least 4 members (excludes halogenated alkanes) is 2. The number of aliphatic hydroxyl groups excluding tert-OH is 2. The molecule has 2 N–H and O–H groups in total. The third-order valence-corrected chi connectivity index (χ3v) is 3.07. The SMILES string of the molecule is CCCCOCCCC.CN1CCCC1=O.COC.OCCOCCO. The lowest BCUT2D eigenvalue weighted by atomic mass is 10.3. The number of carbonyl (C=O) groups excluding carboxylic acids is 1. The van der Waals surface area contributed by atoms with Gasteiger partial charge in [0.05, 0.1) is 26.4 Å². The van der Waals surface area contributed by atoms with Crippen LogP contribution in [0.15, 0.2) is 0 Å². The molecule has 7 heteroatoms. The third-order valence-electron chi connectivity index (χ3n) is 3.07. The summed E-state index contributed by atoms with van der Waals surface area (Å²) in [5.41, 5.74) is 0. The minimum Gasteiger partial charge on any atom is -0.394 e. The average Bonchev–Trinajstić information content (AvgIpc) is 3.00. The Morgan fingerprint density at radius 1 is 0.923 bits per heavy atom. The van der Waals surface area contributed by atoms with E-state index >= 15 is 0 Å². The van der Waals surface area contributed by atoms with E-state index in [1.165, 1.54) is 25.7 Å². The lowest BCUT2D eigenvalue weighted by molar-refractivity contribution is -0.126. The van der Waals surface area contributed by atoms with Crippen molar-refractivity contribution in [3.8, 4) is 0 Å². The lowest BCUT2D eigenvalue weighted by Crippen LogP contribution is -2.17. The number of hydrogen-bond acceptors (Lipinski definition) is 6. The zero-order valence-electron chi connectivity index (χ0n) is 17.7. The Balaban J connectivity index is -0.000000286. The first kappa shape index (κ1) is 30.0. The molecule has 1 aliphatic rings. The summed E-state index contributed by atoms with van der Waals surface area (Å²) < 4.78 is 14.2. The first-order valence-electron chi connectivity index (χ1n) is 9.56. The van der Waals surface area contributed by atoms with E-state index in [2.05, 4.69) is 23.3 Å². The molecule has 0 aromatic rings. The highest BCUT2D eigenvalue weighted by atomic mass is 16.5. The molecule has 160 valence electrons. The van der Waals surface area contributed by atoms with Gasteiger partial charge in [0.1, 0.15) is 0 Å². The molecule has 1 aliphatic heterocycles. The summed E-state index contributed by atoms with van der Waals surface area (Å²) in [6, 6.07) is 0. The normalized spacial score (nSPS) is 12.4. The number of methoxy groups -OCH3 is 1. The molecular formula is C19H43NO6. The van der Waals surface area contributed by atoms with Crippen molar-refractivity contribution < 1.29 is 29.2 Å². The molecule has 1 amide bonds. The van der Waals surface area contributed by atoms with Gasteiger partial charge in [0, 0.05) is 47.4 Å². The molecule has 7 nitrogen and oxygen atoms in total. The van der Waals surface area contributed by atoms with Crippen LogP contribution in [0.25, 0.3) is 0 Å². The Labute approximate surface area is 160 Å². The summed E-state index contributed by atoms with van der Waals surface area (Å²) in [4.78, 5) is 12.3. The summed E-state index contributed by atoms with van der Waals surface area (Å²) in [6.07, 6.45) is 6.72. The number of amides is 1. The second-order valence-electron chi connectivity index (χ2n) is 5.71. The summed E-state index contributed by atoms with van der Waals surface area (Å²) in [7, 11) is 5.09. The first-order valence-corrected chi connectivity index (χ1v) is 9.56. The molecule has 0 spiro atoms. The number of nitrogens with zero attached hydrogens (tertiary/aromatic N) is 1. The van der Waals surface area contributed by atoms with Crippen LogP contribution >= 0.6 is 0 Å². The molecular weight excluding hydrogens is 338 g/mol. The highest BCUT2D eigenvalue weighted by Gasteiger charge is 2.14. The van der Waals surface area contributed by atoms with Crippen molar-refractivity contribution in [1.82, 2.24) is 4.90 Å². The minimum atomic E-state index is 0.0278. The van der Waals surface area contributed by atoms with E-state index in [0.29, 0.717) is 19.1 Å². The largest absolute Gasteiger partial charge is 0.394 e. The molecule has 0 saturated carbocycles. The van der Waals surface area contributed by atoms with Gasteiger partial charge in [-0.1, -0.05) is 26.7 Å². The monoisotopic (exact) mass is 381 g/mol. The van der Waals surface area contributed by atoms with Crippen LogP contribution in [-0.2, 0) is 19.0 Å². The summed E-state index contributed by atoms with van der Waals surface area (Å²) in [5.74, 6) is 0.292. The number of hydrogen-bond donors (Lipinski definition) is 2. The predicted molar refractivity (Wildman–Crippen MR) is 105 cm³/mol. The van der Waals surface area contributed by atoms with E-state index in [1.807, 2.05) is 7.05 Å². The van der Waals surface area contributed by atoms with Crippen molar-refractivity contribution in [3.05, 3.63) is 0 Å². The highest BCUT2D eigenvalue weighted by Crippen LogP contribution is 2.04. The second-order valence-corrected chi connectivity index (χ2v) is 5.71. The number of likely N-dealkylation sites (tertiary alicyclic amines) is 1. The van der Waals surface area contributed by atoms with E-state index in [-0.39, 0.29) is 13.2 Å².